The highest BCUT2D eigenvalue weighted by Crippen LogP contribution is 2.33. The van der Waals surface area contributed by atoms with Crippen LogP contribution in [0.1, 0.15) is 25.1 Å². The van der Waals surface area contributed by atoms with E-state index in [1.807, 2.05) is 29.6 Å². The first-order valence-corrected chi connectivity index (χ1v) is 9.32. The summed E-state index contributed by atoms with van der Waals surface area (Å²) in [5.74, 6) is 2.01. The maximum Gasteiger partial charge on any atom is 0.323 e. The largest absolute Gasteiger partial charge is 0.345 e. The van der Waals surface area contributed by atoms with Gasteiger partial charge in [-0.25, -0.2) is 24.7 Å². The topological polar surface area (TPSA) is 104 Å². The van der Waals surface area contributed by atoms with E-state index in [4.69, 9.17) is 4.98 Å². The zero-order chi connectivity index (χ0) is 19.1. The fraction of sp³-hybridized carbons (Fsp3) is 0.316. The number of aromatic nitrogens is 6. The van der Waals surface area contributed by atoms with E-state index in [1.165, 1.54) is 6.33 Å². The van der Waals surface area contributed by atoms with Crippen molar-refractivity contribution in [2.75, 3.05) is 18.4 Å². The first kappa shape index (κ1) is 16.7. The van der Waals surface area contributed by atoms with E-state index >= 15 is 0 Å². The van der Waals surface area contributed by atoms with Gasteiger partial charge in [-0.3, -0.25) is 9.72 Å². The molecule has 0 spiro atoms. The molecular formula is C19H20N8O. The predicted molar refractivity (Wildman–Crippen MR) is 104 cm³/mol. The fourth-order valence-corrected chi connectivity index (χ4v) is 3.91. The SMILES string of the molecule is C[C@@H]1CCN(C(=O)Nc2ccncn2)CC1c1ncc2cnc3[nH]ccc3n12. The van der Waals surface area contributed by atoms with Crippen LogP contribution in [0.3, 0.4) is 0 Å². The molecule has 0 saturated carbocycles. The molecule has 5 heterocycles. The Morgan fingerprint density at radius 1 is 1.25 bits per heavy atom. The van der Waals surface area contributed by atoms with Gasteiger partial charge in [-0.05, 0) is 24.5 Å². The van der Waals surface area contributed by atoms with Gasteiger partial charge in [0.2, 0.25) is 0 Å². The standard InChI is InChI=1S/C19H20N8O/c1-12-4-7-26(19(28)25-16-3-5-20-11-24-16)10-14(12)18-23-9-13-8-22-17-15(27(13)18)2-6-21-17/h2-3,5-6,8-9,11-12,14,21H,4,7,10H2,1H3,(H,20,24,25,28)/t12-,14?/m1/s1. The van der Waals surface area contributed by atoms with Gasteiger partial charge in [-0.1, -0.05) is 6.92 Å². The van der Waals surface area contributed by atoms with Gasteiger partial charge < -0.3 is 9.88 Å². The molecule has 1 unspecified atom stereocenters. The van der Waals surface area contributed by atoms with Crippen molar-refractivity contribution in [3.8, 4) is 0 Å². The number of amides is 2. The number of H-pyrrole nitrogens is 1. The molecule has 9 heteroatoms. The van der Waals surface area contributed by atoms with Crippen molar-refractivity contribution in [2.24, 2.45) is 5.92 Å². The third-order valence-electron chi connectivity index (χ3n) is 5.48. The summed E-state index contributed by atoms with van der Waals surface area (Å²) in [5.41, 5.74) is 2.78. The molecular weight excluding hydrogens is 356 g/mol. The van der Waals surface area contributed by atoms with Gasteiger partial charge in [0, 0.05) is 31.4 Å². The third-order valence-corrected chi connectivity index (χ3v) is 5.48. The highest BCUT2D eigenvalue weighted by atomic mass is 16.2. The van der Waals surface area contributed by atoms with Gasteiger partial charge in [0.15, 0.2) is 5.65 Å². The molecule has 0 aliphatic carbocycles. The fourth-order valence-electron chi connectivity index (χ4n) is 3.91. The summed E-state index contributed by atoms with van der Waals surface area (Å²) in [6, 6.07) is 3.54. The molecule has 9 nitrogen and oxygen atoms in total. The summed E-state index contributed by atoms with van der Waals surface area (Å²) in [6.45, 7) is 3.53. The Bertz CT molecular complexity index is 1130. The number of urea groups is 1. The normalized spacial score (nSPS) is 20.0. The Morgan fingerprint density at radius 3 is 3.00 bits per heavy atom. The molecule has 0 radical (unpaired) electrons. The number of imidazole rings is 1. The lowest BCUT2D eigenvalue weighted by atomic mass is 9.86. The van der Waals surface area contributed by atoms with Gasteiger partial charge >= 0.3 is 6.03 Å². The summed E-state index contributed by atoms with van der Waals surface area (Å²) in [7, 11) is 0. The van der Waals surface area contributed by atoms with Gasteiger partial charge in [0.1, 0.15) is 18.0 Å². The number of nitrogens with zero attached hydrogens (tertiary/aromatic N) is 6. The Balaban J connectivity index is 1.45. The molecule has 1 aliphatic rings. The summed E-state index contributed by atoms with van der Waals surface area (Å²) < 4.78 is 2.14. The van der Waals surface area contributed by atoms with Gasteiger partial charge in [0.05, 0.1) is 23.4 Å². The molecule has 1 aliphatic heterocycles. The number of rotatable bonds is 2. The van der Waals surface area contributed by atoms with E-state index < -0.39 is 0 Å². The molecule has 0 bridgehead atoms. The summed E-state index contributed by atoms with van der Waals surface area (Å²) in [4.78, 5) is 34.8. The first-order chi connectivity index (χ1) is 13.7. The van der Waals surface area contributed by atoms with Crippen molar-refractivity contribution in [3.05, 3.63) is 49.1 Å². The minimum atomic E-state index is -0.148. The van der Waals surface area contributed by atoms with E-state index in [-0.39, 0.29) is 11.9 Å². The van der Waals surface area contributed by atoms with Crippen molar-refractivity contribution in [2.45, 2.75) is 19.3 Å². The second-order valence-corrected chi connectivity index (χ2v) is 7.19. The minimum absolute atomic E-state index is 0.132. The second-order valence-electron chi connectivity index (χ2n) is 7.19. The number of aromatic amines is 1. The lowest BCUT2D eigenvalue weighted by molar-refractivity contribution is 0.170. The zero-order valence-electron chi connectivity index (χ0n) is 15.4. The molecule has 2 N–H and O–H groups in total. The van der Waals surface area contributed by atoms with Crippen molar-refractivity contribution in [1.82, 2.24) is 34.2 Å². The molecule has 1 fully saturated rings. The van der Waals surface area contributed by atoms with Crippen LogP contribution in [-0.2, 0) is 0 Å². The number of likely N-dealkylation sites (tertiary alicyclic amines) is 1. The Morgan fingerprint density at radius 2 is 2.14 bits per heavy atom. The lowest BCUT2D eigenvalue weighted by Gasteiger charge is -2.36. The summed E-state index contributed by atoms with van der Waals surface area (Å²) >= 11 is 0. The van der Waals surface area contributed by atoms with Crippen LogP contribution in [0.15, 0.2) is 43.2 Å². The van der Waals surface area contributed by atoms with E-state index in [0.29, 0.717) is 24.8 Å². The van der Waals surface area contributed by atoms with Crippen LogP contribution in [0.5, 0.6) is 0 Å². The highest BCUT2D eigenvalue weighted by molar-refractivity contribution is 5.88. The number of piperidine rings is 1. The van der Waals surface area contributed by atoms with Gasteiger partial charge in [0.25, 0.3) is 0 Å². The van der Waals surface area contributed by atoms with Crippen LogP contribution in [0, 0.1) is 5.92 Å². The van der Waals surface area contributed by atoms with Crippen LogP contribution < -0.4 is 5.32 Å². The Hall–Kier alpha value is -3.49. The lowest BCUT2D eigenvalue weighted by Crippen LogP contribution is -2.44. The van der Waals surface area contributed by atoms with Gasteiger partial charge in [-0.2, -0.15) is 0 Å². The van der Waals surface area contributed by atoms with Crippen molar-refractivity contribution < 1.29 is 4.79 Å². The maximum atomic E-state index is 12.7. The average molecular weight is 376 g/mol. The number of carbonyl (C=O) groups excluding carboxylic acids is 1. The average Bonchev–Trinajstić information content (AvgIpc) is 3.35. The van der Waals surface area contributed by atoms with Crippen molar-refractivity contribution in [1.29, 1.82) is 0 Å². The molecule has 2 amide bonds. The quantitative estimate of drug-likeness (QED) is 0.560. The number of fused-ring (bicyclic) bond motifs is 3. The minimum Gasteiger partial charge on any atom is -0.345 e. The van der Waals surface area contributed by atoms with Crippen LogP contribution in [0.4, 0.5) is 10.6 Å². The van der Waals surface area contributed by atoms with E-state index in [0.717, 1.165) is 28.9 Å². The molecule has 5 rings (SSSR count). The number of nitrogens with one attached hydrogen (secondary N) is 2. The molecule has 142 valence electrons. The predicted octanol–water partition coefficient (Wildman–Crippen LogP) is 2.66. The van der Waals surface area contributed by atoms with E-state index in [9.17, 15) is 4.79 Å². The summed E-state index contributed by atoms with van der Waals surface area (Å²) in [5, 5.41) is 2.85. The van der Waals surface area contributed by atoms with Crippen LogP contribution in [0.2, 0.25) is 0 Å². The van der Waals surface area contributed by atoms with Crippen LogP contribution in [-0.4, -0.2) is 53.3 Å². The number of hydrogen-bond acceptors (Lipinski definition) is 5. The van der Waals surface area contributed by atoms with Crippen LogP contribution >= 0.6 is 0 Å². The van der Waals surface area contributed by atoms with Crippen molar-refractivity contribution >= 4 is 28.5 Å². The smallest absolute Gasteiger partial charge is 0.323 e. The van der Waals surface area contributed by atoms with Crippen LogP contribution in [0.25, 0.3) is 16.7 Å². The molecule has 1 saturated heterocycles. The second kappa shape index (κ2) is 6.59. The molecule has 4 aromatic rings. The van der Waals surface area contributed by atoms with Gasteiger partial charge in [-0.15, -0.1) is 0 Å². The summed E-state index contributed by atoms with van der Waals surface area (Å²) in [6.07, 6.45) is 9.49. The first-order valence-electron chi connectivity index (χ1n) is 9.32. The molecule has 28 heavy (non-hydrogen) atoms. The van der Waals surface area contributed by atoms with Crippen molar-refractivity contribution in [3.63, 3.8) is 0 Å². The van der Waals surface area contributed by atoms with E-state index in [2.05, 4.69) is 36.6 Å². The Kier molecular flexibility index (Phi) is 3.92. The zero-order valence-corrected chi connectivity index (χ0v) is 15.4. The highest BCUT2D eigenvalue weighted by Gasteiger charge is 2.33. The molecule has 2 atom stereocenters. The monoisotopic (exact) mass is 376 g/mol. The Labute approximate surface area is 160 Å². The maximum absolute atomic E-state index is 12.7. The third kappa shape index (κ3) is 2.75. The molecule has 4 aromatic heterocycles. The molecule has 0 aromatic carbocycles. The number of anilines is 1. The number of carbonyl (C=O) groups is 1. The number of hydrogen-bond donors (Lipinski definition) is 2. The van der Waals surface area contributed by atoms with E-state index in [1.54, 1.807) is 12.3 Å².